The monoisotopic (exact) mass is 331 g/mol. The van der Waals surface area contributed by atoms with E-state index in [2.05, 4.69) is 21.2 Å². The van der Waals surface area contributed by atoms with Crippen LogP contribution in [0.5, 0.6) is 0 Å². The van der Waals surface area contributed by atoms with Crippen LogP contribution in [0.1, 0.15) is 5.56 Å². The second-order valence-electron chi connectivity index (χ2n) is 3.69. The second-order valence-corrected chi connectivity index (χ2v) is 4.98. The Balaban J connectivity index is 2.16. The fraction of sp³-hybridized carbons (Fsp3) is 0.0769. The van der Waals surface area contributed by atoms with Gasteiger partial charge < -0.3 is 5.32 Å². The van der Waals surface area contributed by atoms with Gasteiger partial charge in [-0.05, 0) is 35.9 Å². The molecule has 1 nitrogen and oxygen atoms in total. The van der Waals surface area contributed by atoms with Gasteiger partial charge in [0.05, 0.1) is 5.69 Å². The Morgan fingerprint density at radius 1 is 1.17 bits per heavy atom. The van der Waals surface area contributed by atoms with Crippen LogP contribution in [0, 0.1) is 11.6 Å². The Morgan fingerprint density at radius 3 is 2.72 bits per heavy atom. The minimum Gasteiger partial charge on any atom is -0.378 e. The maximum absolute atomic E-state index is 13.4. The molecule has 94 valence electrons. The molecule has 0 aliphatic heterocycles. The molecule has 2 rings (SSSR count). The highest BCUT2D eigenvalue weighted by molar-refractivity contribution is 9.10. The molecular weight excluding hydrogens is 324 g/mol. The fourth-order valence-electron chi connectivity index (χ4n) is 1.51. The lowest BCUT2D eigenvalue weighted by Gasteiger charge is -2.09. The van der Waals surface area contributed by atoms with E-state index in [1.807, 2.05) is 0 Å². The first-order valence-electron chi connectivity index (χ1n) is 5.20. The second kappa shape index (κ2) is 5.67. The lowest BCUT2D eigenvalue weighted by molar-refractivity contribution is 0.511. The molecule has 1 N–H and O–H groups in total. The summed E-state index contributed by atoms with van der Waals surface area (Å²) in [5, 5.41) is 3.43. The predicted molar refractivity (Wildman–Crippen MR) is 72.8 cm³/mol. The fourth-order valence-corrected chi connectivity index (χ4v) is 2.09. The van der Waals surface area contributed by atoms with Gasteiger partial charge >= 0.3 is 0 Å². The Labute approximate surface area is 117 Å². The minimum absolute atomic E-state index is 0.127. The van der Waals surface area contributed by atoms with Crippen LogP contribution in [-0.2, 0) is 6.54 Å². The van der Waals surface area contributed by atoms with Crippen molar-refractivity contribution in [2.45, 2.75) is 6.54 Å². The Morgan fingerprint density at radius 2 is 1.94 bits per heavy atom. The van der Waals surface area contributed by atoms with Crippen molar-refractivity contribution in [3.63, 3.8) is 0 Å². The number of rotatable bonds is 3. The molecule has 0 amide bonds. The van der Waals surface area contributed by atoms with E-state index < -0.39 is 11.6 Å². The van der Waals surface area contributed by atoms with Gasteiger partial charge in [0.1, 0.15) is 0 Å². The van der Waals surface area contributed by atoms with Crippen LogP contribution in [-0.4, -0.2) is 0 Å². The van der Waals surface area contributed by atoms with Crippen molar-refractivity contribution in [3.8, 4) is 0 Å². The smallest absolute Gasteiger partial charge is 0.181 e. The maximum Gasteiger partial charge on any atom is 0.181 e. The zero-order chi connectivity index (χ0) is 13.1. The van der Waals surface area contributed by atoms with Gasteiger partial charge in [0.25, 0.3) is 0 Å². The third-order valence-electron chi connectivity index (χ3n) is 2.43. The van der Waals surface area contributed by atoms with E-state index >= 15 is 0 Å². The first kappa shape index (κ1) is 13.3. The molecule has 0 aliphatic carbocycles. The summed E-state index contributed by atoms with van der Waals surface area (Å²) in [4.78, 5) is 0. The molecule has 0 aromatic heterocycles. The Kier molecular flexibility index (Phi) is 4.19. The van der Waals surface area contributed by atoms with Crippen LogP contribution in [0.3, 0.4) is 0 Å². The van der Waals surface area contributed by atoms with Crippen LogP contribution < -0.4 is 5.32 Å². The molecule has 0 aliphatic rings. The molecular formula is C13H9BrClF2N. The number of benzene rings is 2. The van der Waals surface area contributed by atoms with Crippen molar-refractivity contribution < 1.29 is 8.78 Å². The highest BCUT2D eigenvalue weighted by atomic mass is 79.9. The molecule has 0 saturated heterocycles. The molecule has 0 saturated carbocycles. The first-order chi connectivity index (χ1) is 8.58. The predicted octanol–water partition coefficient (Wildman–Crippen LogP) is 4.99. The summed E-state index contributed by atoms with van der Waals surface area (Å²) in [5.74, 6) is -1.75. The molecule has 0 bridgehead atoms. The number of hydrogen-bond donors (Lipinski definition) is 1. The standard InChI is InChI=1S/C13H9BrClF2N/c14-10-5-4-9(15)6-8(10)7-18-12-3-1-2-11(16)13(12)17/h1-6,18H,7H2. The SMILES string of the molecule is Fc1cccc(NCc2cc(Cl)ccc2Br)c1F. The van der Waals surface area contributed by atoms with Crippen LogP contribution in [0.15, 0.2) is 40.9 Å². The highest BCUT2D eigenvalue weighted by Crippen LogP contribution is 2.23. The quantitative estimate of drug-likeness (QED) is 0.834. The average molecular weight is 333 g/mol. The zero-order valence-electron chi connectivity index (χ0n) is 9.18. The largest absolute Gasteiger partial charge is 0.378 e. The summed E-state index contributed by atoms with van der Waals surface area (Å²) < 4.78 is 27.3. The van der Waals surface area contributed by atoms with Crippen molar-refractivity contribution in [3.05, 3.63) is 63.1 Å². The van der Waals surface area contributed by atoms with Crippen molar-refractivity contribution in [1.82, 2.24) is 0 Å². The molecule has 2 aromatic rings. The lowest BCUT2D eigenvalue weighted by atomic mass is 10.2. The van der Waals surface area contributed by atoms with Gasteiger partial charge in [0.2, 0.25) is 0 Å². The summed E-state index contributed by atoms with van der Waals surface area (Å²) in [6.07, 6.45) is 0. The van der Waals surface area contributed by atoms with E-state index in [4.69, 9.17) is 11.6 Å². The van der Waals surface area contributed by atoms with Crippen LogP contribution in [0.2, 0.25) is 5.02 Å². The van der Waals surface area contributed by atoms with Gasteiger partial charge in [-0.1, -0.05) is 33.6 Å². The first-order valence-corrected chi connectivity index (χ1v) is 6.37. The van der Waals surface area contributed by atoms with E-state index in [1.165, 1.54) is 12.1 Å². The van der Waals surface area contributed by atoms with Gasteiger partial charge in [-0.3, -0.25) is 0 Å². The van der Waals surface area contributed by atoms with Crippen molar-refractivity contribution in [2.75, 3.05) is 5.32 Å². The van der Waals surface area contributed by atoms with E-state index in [0.29, 0.717) is 11.6 Å². The average Bonchev–Trinajstić information content (AvgIpc) is 2.35. The third-order valence-corrected chi connectivity index (χ3v) is 3.44. The molecule has 5 heteroatoms. The summed E-state index contributed by atoms with van der Waals surface area (Å²) in [6, 6.07) is 9.33. The zero-order valence-corrected chi connectivity index (χ0v) is 11.5. The van der Waals surface area contributed by atoms with Crippen LogP contribution in [0.25, 0.3) is 0 Å². The lowest BCUT2D eigenvalue weighted by Crippen LogP contribution is -2.03. The molecule has 0 radical (unpaired) electrons. The van der Waals surface area contributed by atoms with Crippen molar-refractivity contribution in [2.24, 2.45) is 0 Å². The van der Waals surface area contributed by atoms with E-state index in [0.717, 1.165) is 16.1 Å². The van der Waals surface area contributed by atoms with Gasteiger partial charge in [0, 0.05) is 16.0 Å². The summed E-state index contributed by atoms with van der Waals surface area (Å²) >= 11 is 9.24. The molecule has 0 atom stereocenters. The van der Waals surface area contributed by atoms with Gasteiger partial charge in [-0.15, -0.1) is 0 Å². The van der Waals surface area contributed by atoms with Crippen LogP contribution >= 0.6 is 27.5 Å². The maximum atomic E-state index is 13.4. The number of anilines is 1. The molecule has 2 aromatic carbocycles. The van der Waals surface area contributed by atoms with E-state index in [1.54, 1.807) is 18.2 Å². The normalized spacial score (nSPS) is 10.4. The number of hydrogen-bond acceptors (Lipinski definition) is 1. The minimum atomic E-state index is -0.879. The molecule has 0 heterocycles. The van der Waals surface area contributed by atoms with Crippen molar-refractivity contribution >= 4 is 33.2 Å². The molecule has 0 spiro atoms. The summed E-state index contributed by atoms with van der Waals surface area (Å²) in [5.41, 5.74) is 0.994. The number of halogens is 4. The summed E-state index contributed by atoms with van der Waals surface area (Å²) in [6.45, 7) is 0.349. The van der Waals surface area contributed by atoms with Gasteiger partial charge in [-0.25, -0.2) is 8.78 Å². The molecule has 0 unspecified atom stereocenters. The van der Waals surface area contributed by atoms with Gasteiger partial charge in [-0.2, -0.15) is 0 Å². The number of nitrogens with one attached hydrogen (secondary N) is 1. The highest BCUT2D eigenvalue weighted by Gasteiger charge is 2.08. The molecule has 0 fully saturated rings. The van der Waals surface area contributed by atoms with Gasteiger partial charge in [0.15, 0.2) is 11.6 Å². The topological polar surface area (TPSA) is 12.0 Å². The summed E-state index contributed by atoms with van der Waals surface area (Å²) in [7, 11) is 0. The third kappa shape index (κ3) is 3.00. The van der Waals surface area contributed by atoms with Crippen LogP contribution in [0.4, 0.5) is 14.5 Å². The van der Waals surface area contributed by atoms with E-state index in [9.17, 15) is 8.78 Å². The Hall–Kier alpha value is -1.13. The molecule has 18 heavy (non-hydrogen) atoms. The van der Waals surface area contributed by atoms with E-state index in [-0.39, 0.29) is 5.69 Å². The Bertz CT molecular complexity index is 573. The van der Waals surface area contributed by atoms with Crippen molar-refractivity contribution in [1.29, 1.82) is 0 Å².